The van der Waals surface area contributed by atoms with Crippen LogP contribution < -0.4 is 10.1 Å². The van der Waals surface area contributed by atoms with E-state index in [2.05, 4.69) is 15.2 Å². The van der Waals surface area contributed by atoms with Gasteiger partial charge in [0.15, 0.2) is 5.11 Å². The highest BCUT2D eigenvalue weighted by Crippen LogP contribution is 2.22. The Labute approximate surface area is 179 Å². The maximum absolute atomic E-state index is 12.9. The molecule has 7 nitrogen and oxygen atoms in total. The fraction of sp³-hybridized carbons (Fsp3) is 0.0909. The first-order valence-corrected chi connectivity index (χ1v) is 9.34. The van der Waals surface area contributed by atoms with Crippen molar-refractivity contribution in [2.45, 2.75) is 0 Å². The summed E-state index contributed by atoms with van der Waals surface area (Å²) >= 11 is 5.40. The topological polar surface area (TPSA) is 80.2 Å². The average molecular weight is 421 g/mol. The molecule has 0 saturated heterocycles. The molecule has 2 aromatic carbocycles. The number of ether oxygens (including phenoxy) is 2. The zero-order valence-corrected chi connectivity index (χ0v) is 17.2. The minimum atomic E-state index is -0.684. The number of benzene rings is 2. The molecule has 0 aromatic heterocycles. The van der Waals surface area contributed by atoms with E-state index < -0.39 is 11.8 Å². The van der Waals surface area contributed by atoms with E-state index in [1.165, 1.54) is 12.1 Å². The van der Waals surface area contributed by atoms with Crippen LogP contribution in [-0.4, -0.2) is 41.8 Å². The van der Waals surface area contributed by atoms with Crippen LogP contribution >= 0.6 is 12.2 Å². The molecular weight excluding hydrogens is 402 g/mol. The summed E-state index contributed by atoms with van der Waals surface area (Å²) in [5.74, 6) is -0.483. The Morgan fingerprint density at radius 2 is 1.77 bits per heavy atom. The number of ketones is 1. The number of hydrogen-bond acceptors (Lipinski definition) is 6. The van der Waals surface area contributed by atoms with Crippen LogP contribution in [-0.2, 0) is 14.3 Å². The number of hydrazone groups is 1. The maximum Gasteiger partial charge on any atom is 0.332 e. The lowest BCUT2D eigenvalue weighted by molar-refractivity contribution is -0.135. The van der Waals surface area contributed by atoms with Crippen LogP contribution in [0.5, 0.6) is 5.75 Å². The van der Waals surface area contributed by atoms with E-state index in [0.29, 0.717) is 5.75 Å². The number of nitrogens with one attached hydrogen (secondary N) is 1. The second-order valence-corrected chi connectivity index (χ2v) is 6.44. The van der Waals surface area contributed by atoms with E-state index in [1.807, 2.05) is 54.6 Å². The van der Waals surface area contributed by atoms with Gasteiger partial charge >= 0.3 is 5.97 Å². The number of hydrogen-bond donors (Lipinski definition) is 1. The molecule has 0 spiro atoms. The van der Waals surface area contributed by atoms with Crippen LogP contribution in [0.3, 0.4) is 0 Å². The summed E-state index contributed by atoms with van der Waals surface area (Å²) in [5, 5.41) is 8.65. The number of anilines is 1. The Morgan fingerprint density at radius 3 is 2.47 bits per heavy atom. The van der Waals surface area contributed by atoms with E-state index >= 15 is 0 Å². The van der Waals surface area contributed by atoms with Crippen LogP contribution in [0.15, 0.2) is 77.5 Å². The van der Waals surface area contributed by atoms with Gasteiger partial charge in [-0.3, -0.25) is 4.79 Å². The van der Waals surface area contributed by atoms with Gasteiger partial charge in [0.05, 0.1) is 20.3 Å². The van der Waals surface area contributed by atoms with Gasteiger partial charge in [0, 0.05) is 11.3 Å². The fourth-order valence-corrected chi connectivity index (χ4v) is 2.92. The SMILES string of the molecule is COC(=O)/C=C1\C(=O)C(/C=C/c2ccccc2OC)=NN1C(=S)Nc1ccccc1. The van der Waals surface area contributed by atoms with Gasteiger partial charge in [0.2, 0.25) is 5.78 Å². The normalized spacial score (nSPS) is 14.7. The second-order valence-electron chi connectivity index (χ2n) is 6.05. The first-order chi connectivity index (χ1) is 14.5. The molecule has 8 heteroatoms. The third kappa shape index (κ3) is 4.79. The number of thiocarbonyl (C=S) groups is 1. The zero-order chi connectivity index (χ0) is 21.5. The van der Waals surface area contributed by atoms with E-state index in [-0.39, 0.29) is 16.5 Å². The van der Waals surface area contributed by atoms with Crippen LogP contribution in [0.4, 0.5) is 5.69 Å². The molecule has 2 aromatic rings. The summed E-state index contributed by atoms with van der Waals surface area (Å²) < 4.78 is 9.97. The molecule has 1 aliphatic rings. The molecule has 3 rings (SSSR count). The van der Waals surface area contributed by atoms with Crippen molar-refractivity contribution in [3.8, 4) is 5.75 Å². The maximum atomic E-state index is 12.9. The minimum Gasteiger partial charge on any atom is -0.496 e. The standard InChI is InChI=1S/C22H19N3O4S/c1-28-19-11-7-6-8-15(19)12-13-17-21(27)18(14-20(26)29-2)25(24-17)22(30)23-16-9-4-3-5-10-16/h3-14H,1-2H3,(H,23,30)/b13-12+,18-14+. The molecule has 0 atom stereocenters. The monoisotopic (exact) mass is 421 g/mol. The minimum absolute atomic E-state index is 0.00467. The number of carbonyl (C=O) groups is 2. The number of carbonyl (C=O) groups excluding carboxylic acids is 2. The Kier molecular flexibility index (Phi) is 6.71. The Morgan fingerprint density at radius 1 is 1.07 bits per heavy atom. The summed E-state index contributed by atoms with van der Waals surface area (Å²) in [5.41, 5.74) is 1.61. The number of Topliss-reactive ketones (excluding diaryl/α,β-unsaturated/α-hetero) is 1. The van der Waals surface area contributed by atoms with Gasteiger partial charge in [-0.1, -0.05) is 36.4 Å². The highest BCUT2D eigenvalue weighted by molar-refractivity contribution is 7.80. The average Bonchev–Trinajstić information content (AvgIpc) is 3.08. The number of allylic oxidation sites excluding steroid dienone is 2. The van der Waals surface area contributed by atoms with E-state index in [1.54, 1.807) is 19.3 Å². The van der Waals surface area contributed by atoms with Crippen LogP contribution in [0, 0.1) is 0 Å². The number of methoxy groups -OCH3 is 2. The lowest BCUT2D eigenvalue weighted by Gasteiger charge is -2.17. The number of nitrogens with zero attached hydrogens (tertiary/aromatic N) is 2. The molecule has 30 heavy (non-hydrogen) atoms. The van der Waals surface area contributed by atoms with Gasteiger partial charge in [-0.05, 0) is 42.6 Å². The highest BCUT2D eigenvalue weighted by atomic mass is 32.1. The van der Waals surface area contributed by atoms with Crippen LogP contribution in [0.25, 0.3) is 6.08 Å². The van der Waals surface area contributed by atoms with Crippen molar-refractivity contribution in [3.05, 3.63) is 78.0 Å². The number of para-hydroxylation sites is 2. The molecule has 0 amide bonds. The van der Waals surface area contributed by atoms with Gasteiger partial charge in [0.25, 0.3) is 0 Å². The first-order valence-electron chi connectivity index (χ1n) is 8.93. The van der Waals surface area contributed by atoms with Crippen molar-refractivity contribution >= 4 is 46.6 Å². The Hall–Kier alpha value is -3.78. The van der Waals surface area contributed by atoms with Gasteiger partial charge in [-0.15, -0.1) is 0 Å². The fourth-order valence-electron chi connectivity index (χ4n) is 2.67. The van der Waals surface area contributed by atoms with E-state index in [4.69, 9.17) is 17.0 Å². The molecule has 0 fully saturated rings. The lowest BCUT2D eigenvalue weighted by Crippen LogP contribution is -2.29. The van der Waals surface area contributed by atoms with E-state index in [9.17, 15) is 9.59 Å². The molecule has 0 radical (unpaired) electrons. The summed E-state index contributed by atoms with van der Waals surface area (Å²) in [4.78, 5) is 24.7. The summed E-state index contributed by atoms with van der Waals surface area (Å²) in [7, 11) is 2.80. The summed E-state index contributed by atoms with van der Waals surface area (Å²) in [6, 6.07) is 16.6. The molecule has 0 unspecified atom stereocenters. The van der Waals surface area contributed by atoms with Crippen LogP contribution in [0.2, 0.25) is 0 Å². The highest BCUT2D eigenvalue weighted by Gasteiger charge is 2.32. The largest absolute Gasteiger partial charge is 0.496 e. The third-order valence-corrected chi connectivity index (χ3v) is 4.41. The van der Waals surface area contributed by atoms with Gasteiger partial charge in [0.1, 0.15) is 17.2 Å². The van der Waals surface area contributed by atoms with Crippen LogP contribution in [0.1, 0.15) is 5.56 Å². The number of rotatable bonds is 5. The molecular formula is C22H19N3O4S. The second kappa shape index (κ2) is 9.62. The van der Waals surface area contributed by atoms with E-state index in [0.717, 1.165) is 17.3 Å². The molecule has 1 heterocycles. The van der Waals surface area contributed by atoms with Crippen molar-refractivity contribution in [2.24, 2.45) is 5.10 Å². The summed E-state index contributed by atoms with van der Waals surface area (Å²) in [6.45, 7) is 0. The van der Waals surface area contributed by atoms with Gasteiger partial charge in [-0.25, -0.2) is 9.80 Å². The molecule has 1 aliphatic heterocycles. The Bertz CT molecular complexity index is 1060. The predicted octanol–water partition coefficient (Wildman–Crippen LogP) is 3.40. The smallest absolute Gasteiger partial charge is 0.332 e. The molecule has 0 aliphatic carbocycles. The molecule has 0 bridgehead atoms. The molecule has 1 N–H and O–H groups in total. The van der Waals surface area contributed by atoms with Crippen molar-refractivity contribution in [1.29, 1.82) is 0 Å². The number of esters is 1. The van der Waals surface area contributed by atoms with Crippen molar-refractivity contribution < 1.29 is 19.1 Å². The quantitative estimate of drug-likeness (QED) is 0.450. The molecule has 0 saturated carbocycles. The third-order valence-electron chi connectivity index (χ3n) is 4.13. The first kappa shape index (κ1) is 20.9. The predicted molar refractivity (Wildman–Crippen MR) is 119 cm³/mol. The van der Waals surface area contributed by atoms with Crippen molar-refractivity contribution in [2.75, 3.05) is 19.5 Å². The van der Waals surface area contributed by atoms with Gasteiger partial charge < -0.3 is 14.8 Å². The van der Waals surface area contributed by atoms with Crippen molar-refractivity contribution in [3.63, 3.8) is 0 Å². The zero-order valence-electron chi connectivity index (χ0n) is 16.4. The summed E-state index contributed by atoms with van der Waals surface area (Å²) in [6.07, 6.45) is 4.33. The van der Waals surface area contributed by atoms with Crippen molar-refractivity contribution in [1.82, 2.24) is 5.01 Å². The Balaban J connectivity index is 1.91. The lowest BCUT2D eigenvalue weighted by atomic mass is 10.1. The molecule has 152 valence electrons. The van der Waals surface area contributed by atoms with Gasteiger partial charge in [-0.2, -0.15) is 5.10 Å².